The van der Waals surface area contributed by atoms with Crippen molar-refractivity contribution in [2.24, 2.45) is 0 Å². The predicted octanol–water partition coefficient (Wildman–Crippen LogP) is 3.62. The van der Waals surface area contributed by atoms with Crippen LogP contribution in [0.2, 0.25) is 0 Å². The fraction of sp³-hybridized carbons (Fsp3) is 0.222. The summed E-state index contributed by atoms with van der Waals surface area (Å²) in [5.41, 5.74) is 1.84. The summed E-state index contributed by atoms with van der Waals surface area (Å²) in [4.78, 5) is 3.60. The Morgan fingerprint density at radius 2 is 1.16 bits per heavy atom. The Labute approximate surface area is 156 Å². The monoisotopic (exact) mass is 372 g/mol. The van der Waals surface area contributed by atoms with Crippen LogP contribution < -0.4 is 9.47 Å². The van der Waals surface area contributed by atoms with Gasteiger partial charge in [-0.2, -0.15) is 0 Å². The molecular weight excluding hydrogens is 356 g/mol. The number of fused-ring (bicyclic) bond motifs is 2. The van der Waals surface area contributed by atoms with Gasteiger partial charge in [0.25, 0.3) is 10.3 Å². The van der Waals surface area contributed by atoms with Crippen LogP contribution in [0, 0.1) is 0 Å². The molecule has 4 rings (SSSR count). The van der Waals surface area contributed by atoms with Gasteiger partial charge in [0.1, 0.15) is 11.5 Å². The summed E-state index contributed by atoms with van der Waals surface area (Å²) >= 11 is 10.7. The molecule has 0 N–H and O–H groups in total. The Balaban J connectivity index is 1.74. The van der Waals surface area contributed by atoms with Gasteiger partial charge in [0.2, 0.25) is 0 Å². The zero-order valence-corrected chi connectivity index (χ0v) is 15.3. The zero-order chi connectivity index (χ0) is 17.6. The molecule has 0 unspecified atom stereocenters. The topological polar surface area (TPSA) is 34.2 Å². The highest BCUT2D eigenvalue weighted by molar-refractivity contribution is 7.80. The van der Waals surface area contributed by atoms with Crippen molar-refractivity contribution < 1.29 is 14.2 Å². The van der Waals surface area contributed by atoms with E-state index in [1.54, 1.807) is 9.80 Å². The molecule has 2 aromatic rings. The summed E-state index contributed by atoms with van der Waals surface area (Å²) < 4.78 is 17.9. The maximum absolute atomic E-state index is 6.47. The van der Waals surface area contributed by atoms with E-state index in [0.29, 0.717) is 21.8 Å². The van der Waals surface area contributed by atoms with Crippen LogP contribution in [0.15, 0.2) is 48.5 Å². The van der Waals surface area contributed by atoms with Gasteiger partial charge in [0.15, 0.2) is 12.5 Å². The molecular formula is C18H16N2O3S2. The average molecular weight is 372 g/mol. The fourth-order valence-corrected chi connectivity index (χ4v) is 3.32. The van der Waals surface area contributed by atoms with Crippen LogP contribution in [-0.4, -0.2) is 34.2 Å². The molecule has 2 atom stereocenters. The molecule has 0 bridgehead atoms. The molecule has 0 amide bonds. The number of thiocarbonyl (C=S) groups is 2. The van der Waals surface area contributed by atoms with E-state index in [4.69, 9.17) is 38.6 Å². The Morgan fingerprint density at radius 3 is 1.60 bits per heavy atom. The molecule has 0 aliphatic carbocycles. The molecule has 0 saturated carbocycles. The van der Waals surface area contributed by atoms with Crippen LogP contribution in [0.25, 0.3) is 0 Å². The Hall–Kier alpha value is -2.22. The first-order valence-electron chi connectivity index (χ1n) is 7.79. The largest absolute Gasteiger partial charge is 0.431 e. The van der Waals surface area contributed by atoms with E-state index < -0.39 is 0 Å². The lowest BCUT2D eigenvalue weighted by Gasteiger charge is -2.41. The Kier molecular flexibility index (Phi) is 4.07. The Morgan fingerprint density at radius 1 is 0.760 bits per heavy atom. The van der Waals surface area contributed by atoms with E-state index >= 15 is 0 Å². The van der Waals surface area contributed by atoms with E-state index in [-0.39, 0.29) is 12.5 Å². The molecule has 25 heavy (non-hydrogen) atoms. The lowest BCUT2D eigenvalue weighted by atomic mass is 10.1. The van der Waals surface area contributed by atoms with Crippen LogP contribution in [0.3, 0.4) is 0 Å². The maximum atomic E-state index is 6.47. The summed E-state index contributed by atoms with van der Waals surface area (Å²) in [6, 6.07) is 15.4. The summed E-state index contributed by atoms with van der Waals surface area (Å²) in [7, 11) is 3.71. The van der Waals surface area contributed by atoms with E-state index in [9.17, 15) is 0 Å². The SMILES string of the molecule is CN1C(=S)Oc2ccccc2[C@H]1O[C@H]1c2ccccc2OC(=S)N1C. The van der Waals surface area contributed by atoms with E-state index in [2.05, 4.69) is 0 Å². The van der Waals surface area contributed by atoms with Crippen LogP contribution >= 0.6 is 24.4 Å². The normalized spacial score (nSPS) is 22.0. The van der Waals surface area contributed by atoms with Gasteiger partial charge in [0, 0.05) is 25.2 Å². The highest BCUT2D eigenvalue weighted by atomic mass is 32.1. The number of rotatable bonds is 2. The van der Waals surface area contributed by atoms with E-state index in [1.165, 1.54) is 0 Å². The van der Waals surface area contributed by atoms with Crippen LogP contribution in [0.4, 0.5) is 0 Å². The quantitative estimate of drug-likeness (QED) is 0.745. The van der Waals surface area contributed by atoms with Crippen LogP contribution in [0.1, 0.15) is 23.6 Å². The summed E-state index contributed by atoms with van der Waals surface area (Å²) in [5.74, 6) is 1.42. The van der Waals surface area contributed by atoms with Crippen molar-refractivity contribution in [3.63, 3.8) is 0 Å². The van der Waals surface area contributed by atoms with Gasteiger partial charge in [-0.3, -0.25) is 0 Å². The van der Waals surface area contributed by atoms with E-state index in [1.807, 2.05) is 62.6 Å². The third-order valence-corrected chi connectivity index (χ3v) is 5.04. The van der Waals surface area contributed by atoms with Crippen molar-refractivity contribution in [1.82, 2.24) is 9.80 Å². The first kappa shape index (κ1) is 16.3. The summed E-state index contributed by atoms with van der Waals surface area (Å²) in [6.07, 6.45) is -0.780. The first-order valence-corrected chi connectivity index (χ1v) is 8.60. The lowest BCUT2D eigenvalue weighted by Crippen LogP contribution is -2.44. The van der Waals surface area contributed by atoms with Crippen molar-refractivity contribution in [3.05, 3.63) is 59.7 Å². The summed E-state index contributed by atoms with van der Waals surface area (Å²) in [6.45, 7) is 0. The van der Waals surface area contributed by atoms with Gasteiger partial charge in [-0.15, -0.1) is 0 Å². The molecule has 5 nitrogen and oxygen atoms in total. The number of hydrogen-bond donors (Lipinski definition) is 0. The molecule has 2 aromatic carbocycles. The highest BCUT2D eigenvalue weighted by Gasteiger charge is 2.37. The molecule has 2 aliphatic rings. The van der Waals surface area contributed by atoms with Crippen LogP contribution in [-0.2, 0) is 4.74 Å². The van der Waals surface area contributed by atoms with Gasteiger partial charge >= 0.3 is 0 Å². The minimum atomic E-state index is -0.390. The number of benzene rings is 2. The van der Waals surface area contributed by atoms with Crippen molar-refractivity contribution in [1.29, 1.82) is 0 Å². The molecule has 0 spiro atoms. The average Bonchev–Trinajstić information content (AvgIpc) is 2.62. The van der Waals surface area contributed by atoms with Gasteiger partial charge in [-0.1, -0.05) is 36.4 Å². The Bertz CT molecular complexity index is 788. The molecule has 7 heteroatoms. The molecule has 0 aromatic heterocycles. The molecule has 0 saturated heterocycles. The van der Waals surface area contributed by atoms with Crippen molar-refractivity contribution in [2.45, 2.75) is 12.5 Å². The third kappa shape index (κ3) is 2.74. The van der Waals surface area contributed by atoms with Crippen molar-refractivity contribution >= 4 is 34.8 Å². The molecule has 0 fully saturated rings. The predicted molar refractivity (Wildman–Crippen MR) is 101 cm³/mol. The van der Waals surface area contributed by atoms with Gasteiger partial charge in [-0.25, -0.2) is 0 Å². The maximum Gasteiger partial charge on any atom is 0.266 e. The lowest BCUT2D eigenvalue weighted by molar-refractivity contribution is -0.127. The second-order valence-electron chi connectivity index (χ2n) is 5.87. The van der Waals surface area contributed by atoms with Gasteiger partial charge in [-0.05, 0) is 36.6 Å². The minimum Gasteiger partial charge on any atom is -0.431 e. The van der Waals surface area contributed by atoms with Crippen molar-refractivity contribution in [2.75, 3.05) is 14.1 Å². The van der Waals surface area contributed by atoms with Gasteiger partial charge < -0.3 is 24.0 Å². The smallest absolute Gasteiger partial charge is 0.266 e. The van der Waals surface area contributed by atoms with Crippen LogP contribution in [0.5, 0.6) is 11.5 Å². The summed E-state index contributed by atoms with van der Waals surface area (Å²) in [5, 5.41) is 0.739. The minimum absolute atomic E-state index is 0.370. The first-order chi connectivity index (χ1) is 12.1. The molecule has 2 aliphatic heterocycles. The second kappa shape index (κ2) is 6.25. The molecule has 2 heterocycles. The number of para-hydroxylation sites is 2. The zero-order valence-electron chi connectivity index (χ0n) is 13.7. The standard InChI is InChI=1S/C18H16N2O3S2/c1-19-15(11-7-3-5-9-13(11)21-17(19)24)23-16-12-8-4-6-10-14(12)22-18(25)20(16)2/h3-10,15-16H,1-2H3/t15-,16+. The number of nitrogens with zero attached hydrogens (tertiary/aromatic N) is 2. The number of ether oxygens (including phenoxy) is 3. The number of hydrogen-bond acceptors (Lipinski definition) is 5. The molecule has 0 radical (unpaired) electrons. The fourth-order valence-electron chi connectivity index (χ4n) is 2.95. The molecule has 128 valence electrons. The highest BCUT2D eigenvalue weighted by Crippen LogP contribution is 2.42. The van der Waals surface area contributed by atoms with Gasteiger partial charge in [0.05, 0.1) is 0 Å². The van der Waals surface area contributed by atoms with Crippen molar-refractivity contribution in [3.8, 4) is 11.5 Å². The second-order valence-corrected chi connectivity index (χ2v) is 6.57. The van der Waals surface area contributed by atoms with E-state index in [0.717, 1.165) is 11.1 Å². The third-order valence-electron chi connectivity index (χ3n) is 4.30.